The van der Waals surface area contributed by atoms with E-state index in [0.29, 0.717) is 30.9 Å². The Kier molecular flexibility index (Phi) is 7.85. The molecule has 8 heteroatoms. The molecule has 178 valence electrons. The van der Waals surface area contributed by atoms with Crippen molar-refractivity contribution in [1.29, 1.82) is 0 Å². The van der Waals surface area contributed by atoms with E-state index >= 15 is 0 Å². The van der Waals surface area contributed by atoms with Crippen LogP contribution in [0.4, 0.5) is 0 Å². The van der Waals surface area contributed by atoms with E-state index in [1.54, 1.807) is 25.4 Å². The van der Waals surface area contributed by atoms with E-state index in [1.807, 2.05) is 66.7 Å². The van der Waals surface area contributed by atoms with Crippen molar-refractivity contribution in [2.45, 2.75) is 18.9 Å². The maximum absolute atomic E-state index is 13.0. The Labute approximate surface area is 203 Å². The predicted octanol–water partition coefficient (Wildman–Crippen LogP) is 3.45. The van der Waals surface area contributed by atoms with Crippen LogP contribution in [0.25, 0.3) is 11.3 Å². The first-order valence-corrected chi connectivity index (χ1v) is 11.3. The van der Waals surface area contributed by atoms with Crippen LogP contribution in [-0.4, -0.2) is 41.7 Å². The lowest BCUT2D eigenvalue weighted by Gasteiger charge is -2.18. The normalized spacial score (nSPS) is 11.5. The molecule has 2 heterocycles. The van der Waals surface area contributed by atoms with Crippen LogP contribution in [-0.2, 0) is 17.6 Å². The zero-order valence-electron chi connectivity index (χ0n) is 19.3. The van der Waals surface area contributed by atoms with E-state index in [9.17, 15) is 9.59 Å². The number of amides is 2. The third kappa shape index (κ3) is 6.54. The Hall–Kier alpha value is -4.46. The second-order valence-corrected chi connectivity index (χ2v) is 7.89. The third-order valence-electron chi connectivity index (χ3n) is 5.41. The number of hydrogen-bond acceptors (Lipinski definition) is 6. The zero-order chi connectivity index (χ0) is 24.5. The van der Waals surface area contributed by atoms with Crippen LogP contribution in [0, 0.1) is 0 Å². The minimum atomic E-state index is -0.786. The van der Waals surface area contributed by atoms with E-state index in [2.05, 4.69) is 20.8 Å². The third-order valence-corrected chi connectivity index (χ3v) is 5.41. The molecule has 4 aromatic rings. The highest BCUT2D eigenvalue weighted by atomic mass is 16.5. The van der Waals surface area contributed by atoms with Crippen LogP contribution < -0.4 is 15.4 Å². The van der Waals surface area contributed by atoms with Gasteiger partial charge >= 0.3 is 0 Å². The first-order chi connectivity index (χ1) is 17.1. The predicted molar refractivity (Wildman–Crippen MR) is 131 cm³/mol. The minimum Gasteiger partial charge on any atom is -0.497 e. The number of ether oxygens (including phenoxy) is 1. The molecule has 2 amide bonds. The highest BCUT2D eigenvalue weighted by molar-refractivity contribution is 5.96. The number of benzene rings is 2. The standard InChI is InChI=1S/C27H26N4O4/c1-34-22-12-7-10-20(17-22)25-18-24(31-35-25)27(33)30-23(16-19-8-3-2-4-9-19)26(32)29-15-13-21-11-5-6-14-28-21/h2-12,14,17-18,23H,13,15-16H2,1H3,(H,29,32)(H,30,33)/t23-/m1/s1. The van der Waals surface area contributed by atoms with Crippen LogP contribution in [0.2, 0.25) is 0 Å². The van der Waals surface area contributed by atoms with Gasteiger partial charge in [-0.1, -0.05) is 53.7 Å². The fourth-order valence-electron chi connectivity index (χ4n) is 3.57. The van der Waals surface area contributed by atoms with Gasteiger partial charge in [0.2, 0.25) is 5.91 Å². The molecule has 0 aliphatic heterocycles. The molecule has 0 unspecified atom stereocenters. The van der Waals surface area contributed by atoms with Crippen LogP contribution in [0.5, 0.6) is 5.75 Å². The van der Waals surface area contributed by atoms with Crippen molar-refractivity contribution < 1.29 is 18.8 Å². The number of rotatable bonds is 10. The van der Waals surface area contributed by atoms with Gasteiger partial charge in [0.1, 0.15) is 11.8 Å². The Morgan fingerprint density at radius 2 is 1.83 bits per heavy atom. The molecule has 0 bridgehead atoms. The maximum atomic E-state index is 13.0. The number of pyridine rings is 1. The van der Waals surface area contributed by atoms with Gasteiger partial charge in [-0.25, -0.2) is 0 Å². The van der Waals surface area contributed by atoms with E-state index in [0.717, 1.165) is 16.8 Å². The minimum absolute atomic E-state index is 0.0853. The first-order valence-electron chi connectivity index (χ1n) is 11.3. The molecule has 2 aromatic carbocycles. The highest BCUT2D eigenvalue weighted by Crippen LogP contribution is 2.24. The fraction of sp³-hybridized carbons (Fsp3) is 0.185. The number of hydrogen-bond donors (Lipinski definition) is 2. The molecular formula is C27H26N4O4. The van der Waals surface area contributed by atoms with Crippen LogP contribution in [0.3, 0.4) is 0 Å². The molecule has 0 radical (unpaired) electrons. The molecule has 4 rings (SSSR count). The summed E-state index contributed by atoms with van der Waals surface area (Å²) in [5.41, 5.74) is 2.62. The largest absolute Gasteiger partial charge is 0.497 e. The lowest BCUT2D eigenvalue weighted by molar-refractivity contribution is -0.122. The molecule has 1 atom stereocenters. The van der Waals surface area contributed by atoms with Gasteiger partial charge in [0.05, 0.1) is 7.11 Å². The lowest BCUT2D eigenvalue weighted by atomic mass is 10.0. The molecule has 0 saturated carbocycles. The van der Waals surface area contributed by atoms with Crippen molar-refractivity contribution in [2.24, 2.45) is 0 Å². The van der Waals surface area contributed by atoms with Gasteiger partial charge in [-0.2, -0.15) is 0 Å². The molecule has 0 saturated heterocycles. The SMILES string of the molecule is COc1cccc(-c2cc(C(=O)N[C@H](Cc3ccccc3)C(=O)NCCc3ccccn3)no2)c1. The number of nitrogens with zero attached hydrogens (tertiary/aromatic N) is 2. The molecule has 8 nitrogen and oxygen atoms in total. The number of methoxy groups -OCH3 is 1. The van der Waals surface area contributed by atoms with Gasteiger partial charge in [0, 0.05) is 42.9 Å². The maximum Gasteiger partial charge on any atom is 0.274 e. The van der Waals surface area contributed by atoms with Gasteiger partial charge in [-0.15, -0.1) is 0 Å². The van der Waals surface area contributed by atoms with Crippen molar-refractivity contribution in [2.75, 3.05) is 13.7 Å². The van der Waals surface area contributed by atoms with E-state index < -0.39 is 11.9 Å². The van der Waals surface area contributed by atoms with Gasteiger partial charge in [-0.05, 0) is 29.8 Å². The molecular weight excluding hydrogens is 444 g/mol. The average Bonchev–Trinajstić information content (AvgIpc) is 3.40. The van der Waals surface area contributed by atoms with Gasteiger partial charge in [0.25, 0.3) is 5.91 Å². The van der Waals surface area contributed by atoms with Crippen LogP contribution in [0.15, 0.2) is 89.6 Å². The second-order valence-electron chi connectivity index (χ2n) is 7.89. The number of carbonyl (C=O) groups excluding carboxylic acids is 2. The first kappa shape index (κ1) is 23.7. The monoisotopic (exact) mass is 470 g/mol. The molecule has 0 aliphatic carbocycles. The Morgan fingerprint density at radius 3 is 2.60 bits per heavy atom. The quantitative estimate of drug-likeness (QED) is 0.368. The van der Waals surface area contributed by atoms with Crippen molar-refractivity contribution in [3.05, 3.63) is 102 Å². The summed E-state index contributed by atoms with van der Waals surface area (Å²) in [6, 6.07) is 23.2. The molecule has 35 heavy (non-hydrogen) atoms. The van der Waals surface area contributed by atoms with Gasteiger partial charge < -0.3 is 19.9 Å². The van der Waals surface area contributed by atoms with Gasteiger partial charge in [0.15, 0.2) is 11.5 Å². The molecule has 0 aliphatic rings. The number of nitrogens with one attached hydrogen (secondary N) is 2. The second kappa shape index (κ2) is 11.6. The summed E-state index contributed by atoms with van der Waals surface area (Å²) >= 11 is 0. The topological polar surface area (TPSA) is 106 Å². The number of carbonyl (C=O) groups is 2. The fourth-order valence-corrected chi connectivity index (χ4v) is 3.57. The Balaban J connectivity index is 1.44. The lowest BCUT2D eigenvalue weighted by Crippen LogP contribution is -2.48. The van der Waals surface area contributed by atoms with Crippen molar-refractivity contribution in [1.82, 2.24) is 20.8 Å². The Morgan fingerprint density at radius 1 is 1.00 bits per heavy atom. The summed E-state index contributed by atoms with van der Waals surface area (Å²) in [5.74, 6) is 0.307. The Bertz CT molecular complexity index is 1260. The van der Waals surface area contributed by atoms with E-state index in [-0.39, 0.29) is 11.6 Å². The summed E-state index contributed by atoms with van der Waals surface area (Å²) in [7, 11) is 1.58. The summed E-state index contributed by atoms with van der Waals surface area (Å²) in [6.07, 6.45) is 2.64. The van der Waals surface area contributed by atoms with Crippen LogP contribution >= 0.6 is 0 Å². The van der Waals surface area contributed by atoms with Crippen molar-refractivity contribution >= 4 is 11.8 Å². The highest BCUT2D eigenvalue weighted by Gasteiger charge is 2.24. The average molecular weight is 471 g/mol. The summed E-state index contributed by atoms with van der Waals surface area (Å²) < 4.78 is 10.6. The van der Waals surface area contributed by atoms with E-state index in [4.69, 9.17) is 9.26 Å². The van der Waals surface area contributed by atoms with Gasteiger partial charge in [-0.3, -0.25) is 14.6 Å². The smallest absolute Gasteiger partial charge is 0.274 e. The summed E-state index contributed by atoms with van der Waals surface area (Å²) in [6.45, 7) is 0.404. The van der Waals surface area contributed by atoms with Crippen molar-refractivity contribution in [3.8, 4) is 17.1 Å². The summed E-state index contributed by atoms with van der Waals surface area (Å²) in [4.78, 5) is 30.2. The molecule has 0 fully saturated rings. The molecule has 0 spiro atoms. The van der Waals surface area contributed by atoms with Crippen molar-refractivity contribution in [3.63, 3.8) is 0 Å². The molecule has 2 N–H and O–H groups in total. The van der Waals surface area contributed by atoms with E-state index in [1.165, 1.54) is 0 Å². The number of aromatic nitrogens is 2. The molecule has 2 aromatic heterocycles. The summed E-state index contributed by atoms with van der Waals surface area (Å²) in [5, 5.41) is 9.61. The zero-order valence-corrected chi connectivity index (χ0v) is 19.3. The van der Waals surface area contributed by atoms with Crippen LogP contribution in [0.1, 0.15) is 21.7 Å².